The van der Waals surface area contributed by atoms with Crippen molar-refractivity contribution in [2.75, 3.05) is 17.6 Å². The van der Waals surface area contributed by atoms with Crippen molar-refractivity contribution < 1.29 is 4.79 Å². The maximum Gasteiger partial charge on any atom is 0.239 e. The summed E-state index contributed by atoms with van der Waals surface area (Å²) >= 11 is 0. The van der Waals surface area contributed by atoms with Crippen molar-refractivity contribution in [1.82, 2.24) is 15.3 Å². The second-order valence-corrected chi connectivity index (χ2v) is 4.94. The number of nitrogen functional groups attached to an aromatic ring is 1. The minimum absolute atomic E-state index is 0.0940. The Morgan fingerprint density at radius 2 is 1.95 bits per heavy atom. The van der Waals surface area contributed by atoms with Crippen LogP contribution in [0.1, 0.15) is 13.8 Å². The lowest BCUT2D eigenvalue weighted by Gasteiger charge is -2.10. The van der Waals surface area contributed by atoms with Gasteiger partial charge in [0.15, 0.2) is 5.82 Å². The Hall–Kier alpha value is -2.63. The number of aromatic nitrogens is 2. The third-order valence-corrected chi connectivity index (χ3v) is 2.66. The molecule has 0 aliphatic heterocycles. The van der Waals surface area contributed by atoms with Crippen LogP contribution in [0.5, 0.6) is 0 Å². The number of hydrogen-bond donors (Lipinski definition) is 3. The third kappa shape index (κ3) is 4.45. The zero-order chi connectivity index (χ0) is 15.2. The van der Waals surface area contributed by atoms with Crippen LogP contribution in [0.2, 0.25) is 0 Å². The maximum absolute atomic E-state index is 11.6. The van der Waals surface area contributed by atoms with Crippen molar-refractivity contribution in [3.05, 3.63) is 36.4 Å². The number of nitrogens with zero attached hydrogens (tertiary/aromatic N) is 2. The molecule has 0 radical (unpaired) electrons. The van der Waals surface area contributed by atoms with Gasteiger partial charge in [-0.3, -0.25) is 4.79 Å². The molecule has 2 aromatic rings. The first-order valence-electron chi connectivity index (χ1n) is 6.78. The van der Waals surface area contributed by atoms with Crippen LogP contribution in [-0.2, 0) is 4.79 Å². The molecule has 0 fully saturated rings. The van der Waals surface area contributed by atoms with E-state index < -0.39 is 0 Å². The number of amides is 1. The quantitative estimate of drug-likeness (QED) is 0.777. The molecule has 6 nitrogen and oxygen atoms in total. The van der Waals surface area contributed by atoms with E-state index in [1.165, 1.54) is 0 Å². The summed E-state index contributed by atoms with van der Waals surface area (Å²) in [4.78, 5) is 20.2. The molecule has 1 aromatic carbocycles. The van der Waals surface area contributed by atoms with E-state index in [4.69, 9.17) is 5.73 Å². The van der Waals surface area contributed by atoms with Gasteiger partial charge in [-0.05, 0) is 13.8 Å². The van der Waals surface area contributed by atoms with Gasteiger partial charge < -0.3 is 16.4 Å². The van der Waals surface area contributed by atoms with Crippen LogP contribution in [0.3, 0.4) is 0 Å². The Balaban J connectivity index is 2.11. The standard InChI is InChI=1S/C15H19N5O/c1-10(2)18-14(21)9-17-13-8-12(16)19-15(20-13)11-6-4-3-5-7-11/h3-8,10H,9H2,1-2H3,(H,18,21)(H3,16,17,19,20). The fraction of sp³-hybridized carbons (Fsp3) is 0.267. The predicted molar refractivity (Wildman–Crippen MR) is 83.6 cm³/mol. The highest BCUT2D eigenvalue weighted by Crippen LogP contribution is 2.18. The van der Waals surface area contributed by atoms with E-state index >= 15 is 0 Å². The van der Waals surface area contributed by atoms with Gasteiger partial charge in [0.2, 0.25) is 5.91 Å². The molecule has 4 N–H and O–H groups in total. The average Bonchev–Trinajstić information content (AvgIpc) is 2.45. The predicted octanol–water partition coefficient (Wildman–Crippen LogP) is 1.66. The van der Waals surface area contributed by atoms with E-state index in [0.717, 1.165) is 5.56 Å². The second kappa shape index (κ2) is 6.69. The van der Waals surface area contributed by atoms with Crippen LogP contribution in [0, 0.1) is 0 Å². The van der Waals surface area contributed by atoms with Gasteiger partial charge in [0.1, 0.15) is 11.6 Å². The van der Waals surface area contributed by atoms with Gasteiger partial charge in [-0.2, -0.15) is 0 Å². The maximum atomic E-state index is 11.6. The van der Waals surface area contributed by atoms with Crippen molar-refractivity contribution in [2.45, 2.75) is 19.9 Å². The first-order valence-corrected chi connectivity index (χ1v) is 6.78. The number of carbonyl (C=O) groups excluding carboxylic acids is 1. The van der Waals surface area contributed by atoms with Crippen molar-refractivity contribution in [2.24, 2.45) is 0 Å². The first-order chi connectivity index (χ1) is 10.0. The molecule has 0 atom stereocenters. The number of nitrogens with two attached hydrogens (primary N) is 1. The van der Waals surface area contributed by atoms with E-state index in [1.807, 2.05) is 44.2 Å². The van der Waals surface area contributed by atoms with Crippen molar-refractivity contribution in [3.63, 3.8) is 0 Å². The van der Waals surface area contributed by atoms with Crippen LogP contribution >= 0.6 is 0 Å². The molecule has 21 heavy (non-hydrogen) atoms. The highest BCUT2D eigenvalue weighted by atomic mass is 16.1. The van der Waals surface area contributed by atoms with Crippen LogP contribution in [-0.4, -0.2) is 28.5 Å². The Morgan fingerprint density at radius 3 is 2.62 bits per heavy atom. The summed E-state index contributed by atoms with van der Waals surface area (Å²) in [6.07, 6.45) is 0. The van der Waals surface area contributed by atoms with E-state index in [0.29, 0.717) is 17.5 Å². The van der Waals surface area contributed by atoms with Gasteiger partial charge in [0.05, 0.1) is 6.54 Å². The average molecular weight is 285 g/mol. The van der Waals surface area contributed by atoms with Gasteiger partial charge in [0.25, 0.3) is 0 Å². The number of hydrogen-bond acceptors (Lipinski definition) is 5. The number of benzene rings is 1. The lowest BCUT2D eigenvalue weighted by atomic mass is 10.2. The molecule has 110 valence electrons. The van der Waals surface area contributed by atoms with E-state index in [-0.39, 0.29) is 18.5 Å². The Bertz CT molecular complexity index is 613. The van der Waals surface area contributed by atoms with Crippen LogP contribution in [0.4, 0.5) is 11.6 Å². The van der Waals surface area contributed by atoms with E-state index in [9.17, 15) is 4.79 Å². The highest BCUT2D eigenvalue weighted by Gasteiger charge is 2.07. The molecule has 1 aromatic heterocycles. The van der Waals surface area contributed by atoms with Gasteiger partial charge in [-0.25, -0.2) is 9.97 Å². The normalized spacial score (nSPS) is 10.4. The minimum Gasteiger partial charge on any atom is -0.384 e. The third-order valence-electron chi connectivity index (χ3n) is 2.66. The summed E-state index contributed by atoms with van der Waals surface area (Å²) in [5.41, 5.74) is 6.67. The molecular weight excluding hydrogens is 266 g/mol. The lowest BCUT2D eigenvalue weighted by Crippen LogP contribution is -2.35. The SMILES string of the molecule is CC(C)NC(=O)CNc1cc(N)nc(-c2ccccc2)n1. The summed E-state index contributed by atoms with van der Waals surface area (Å²) < 4.78 is 0. The number of anilines is 2. The van der Waals surface area contributed by atoms with Crippen LogP contribution in [0.15, 0.2) is 36.4 Å². The van der Waals surface area contributed by atoms with Crippen molar-refractivity contribution >= 4 is 17.5 Å². The molecule has 0 saturated heterocycles. The fourth-order valence-corrected chi connectivity index (χ4v) is 1.82. The molecule has 0 saturated carbocycles. The summed E-state index contributed by atoms with van der Waals surface area (Å²) in [6.45, 7) is 3.96. The molecule has 6 heteroatoms. The molecule has 0 unspecified atom stereocenters. The largest absolute Gasteiger partial charge is 0.384 e. The number of rotatable bonds is 5. The van der Waals surface area contributed by atoms with Gasteiger partial charge in [-0.1, -0.05) is 30.3 Å². The Morgan fingerprint density at radius 1 is 1.24 bits per heavy atom. The first kappa shape index (κ1) is 14.8. The molecule has 0 spiro atoms. The van der Waals surface area contributed by atoms with Gasteiger partial charge in [0, 0.05) is 17.7 Å². The summed E-state index contributed by atoms with van der Waals surface area (Å²) in [5, 5.41) is 5.76. The van der Waals surface area contributed by atoms with E-state index in [2.05, 4.69) is 20.6 Å². The lowest BCUT2D eigenvalue weighted by molar-refractivity contribution is -0.119. The fourth-order valence-electron chi connectivity index (χ4n) is 1.82. The minimum atomic E-state index is -0.0940. The van der Waals surface area contributed by atoms with Crippen molar-refractivity contribution in [1.29, 1.82) is 0 Å². The summed E-state index contributed by atoms with van der Waals surface area (Å²) in [6, 6.07) is 11.3. The smallest absolute Gasteiger partial charge is 0.239 e. The molecule has 0 bridgehead atoms. The second-order valence-electron chi connectivity index (χ2n) is 4.94. The molecule has 1 heterocycles. The summed E-state index contributed by atoms with van der Waals surface area (Å²) in [5.74, 6) is 1.32. The number of nitrogens with one attached hydrogen (secondary N) is 2. The van der Waals surface area contributed by atoms with Crippen LogP contribution in [0.25, 0.3) is 11.4 Å². The molecule has 0 aliphatic carbocycles. The topological polar surface area (TPSA) is 92.9 Å². The Labute approximate surface area is 123 Å². The van der Waals surface area contributed by atoms with Crippen molar-refractivity contribution in [3.8, 4) is 11.4 Å². The summed E-state index contributed by atoms with van der Waals surface area (Å²) in [7, 11) is 0. The molecule has 1 amide bonds. The monoisotopic (exact) mass is 285 g/mol. The van der Waals surface area contributed by atoms with Crippen LogP contribution < -0.4 is 16.4 Å². The van der Waals surface area contributed by atoms with E-state index in [1.54, 1.807) is 6.07 Å². The Kier molecular flexibility index (Phi) is 4.71. The zero-order valence-corrected chi connectivity index (χ0v) is 12.1. The highest BCUT2D eigenvalue weighted by molar-refractivity contribution is 5.80. The zero-order valence-electron chi connectivity index (χ0n) is 12.1. The number of carbonyl (C=O) groups is 1. The molecule has 0 aliphatic rings. The van der Waals surface area contributed by atoms with Gasteiger partial charge in [-0.15, -0.1) is 0 Å². The van der Waals surface area contributed by atoms with Gasteiger partial charge >= 0.3 is 0 Å². The molecular formula is C15H19N5O. The molecule has 2 rings (SSSR count).